The Morgan fingerprint density at radius 3 is 2.58 bits per heavy atom. The molecule has 110 valence electrons. The van der Waals surface area contributed by atoms with Gasteiger partial charge >= 0.3 is 0 Å². The third kappa shape index (κ3) is 5.74. The molecule has 5 nitrogen and oxygen atoms in total. The molecule has 0 saturated carbocycles. The Hall–Kier alpha value is -0.880. The van der Waals surface area contributed by atoms with E-state index in [2.05, 4.69) is 24.1 Å². The smallest absolute Gasteiger partial charge is 0.154 e. The molecular formula is C13H25N3O2S. The van der Waals surface area contributed by atoms with Crippen molar-refractivity contribution in [2.45, 2.75) is 46.0 Å². The lowest BCUT2D eigenvalue weighted by molar-refractivity contribution is 0.548. The SMILES string of the molecule is CC(C)CNCc1cn(CCS(=O)(=O)C(C)C)cn1. The lowest BCUT2D eigenvalue weighted by atomic mass is 10.2. The van der Waals surface area contributed by atoms with Crippen LogP contribution in [0.1, 0.15) is 33.4 Å². The largest absolute Gasteiger partial charge is 0.336 e. The van der Waals surface area contributed by atoms with Gasteiger partial charge in [0, 0.05) is 19.3 Å². The van der Waals surface area contributed by atoms with E-state index in [0.717, 1.165) is 18.8 Å². The van der Waals surface area contributed by atoms with Crippen molar-refractivity contribution < 1.29 is 8.42 Å². The molecule has 0 aliphatic rings. The van der Waals surface area contributed by atoms with Gasteiger partial charge in [-0.1, -0.05) is 13.8 Å². The second-order valence-corrected chi connectivity index (χ2v) is 8.22. The van der Waals surface area contributed by atoms with Gasteiger partial charge in [0.05, 0.1) is 23.0 Å². The van der Waals surface area contributed by atoms with Crippen molar-refractivity contribution in [1.29, 1.82) is 0 Å². The van der Waals surface area contributed by atoms with E-state index < -0.39 is 9.84 Å². The van der Waals surface area contributed by atoms with Crippen LogP contribution in [0, 0.1) is 5.92 Å². The van der Waals surface area contributed by atoms with Crippen molar-refractivity contribution in [3.8, 4) is 0 Å². The average molecular weight is 287 g/mol. The number of hydrogen-bond acceptors (Lipinski definition) is 4. The maximum atomic E-state index is 11.7. The first-order chi connectivity index (χ1) is 8.81. The fourth-order valence-electron chi connectivity index (χ4n) is 1.58. The van der Waals surface area contributed by atoms with E-state index >= 15 is 0 Å². The summed E-state index contributed by atoms with van der Waals surface area (Å²) in [6.07, 6.45) is 3.60. The summed E-state index contributed by atoms with van der Waals surface area (Å²) in [5.74, 6) is 0.776. The first kappa shape index (κ1) is 16.2. The summed E-state index contributed by atoms with van der Waals surface area (Å²) < 4.78 is 25.3. The van der Waals surface area contributed by atoms with Gasteiger partial charge in [-0.15, -0.1) is 0 Å². The molecular weight excluding hydrogens is 262 g/mol. The predicted octanol–water partition coefficient (Wildman–Crippen LogP) is 1.45. The van der Waals surface area contributed by atoms with Crippen LogP contribution in [-0.2, 0) is 22.9 Å². The second-order valence-electron chi connectivity index (χ2n) is 5.54. The first-order valence-electron chi connectivity index (χ1n) is 6.74. The van der Waals surface area contributed by atoms with Gasteiger partial charge in [-0.2, -0.15) is 0 Å². The van der Waals surface area contributed by atoms with Crippen molar-refractivity contribution in [3.63, 3.8) is 0 Å². The van der Waals surface area contributed by atoms with Crippen molar-refractivity contribution in [1.82, 2.24) is 14.9 Å². The van der Waals surface area contributed by atoms with E-state index in [4.69, 9.17) is 0 Å². The third-order valence-corrected chi connectivity index (χ3v) is 5.09. The number of rotatable bonds is 8. The van der Waals surface area contributed by atoms with E-state index in [1.807, 2.05) is 10.8 Å². The van der Waals surface area contributed by atoms with Crippen LogP contribution in [0.25, 0.3) is 0 Å². The Morgan fingerprint density at radius 1 is 1.32 bits per heavy atom. The first-order valence-corrected chi connectivity index (χ1v) is 8.45. The van der Waals surface area contributed by atoms with Crippen LogP contribution in [0.4, 0.5) is 0 Å². The summed E-state index contributed by atoms with van der Waals surface area (Å²) in [6.45, 7) is 9.88. The van der Waals surface area contributed by atoms with Gasteiger partial charge in [-0.3, -0.25) is 0 Å². The van der Waals surface area contributed by atoms with Crippen LogP contribution in [0.3, 0.4) is 0 Å². The molecule has 0 atom stereocenters. The Morgan fingerprint density at radius 2 is 2.00 bits per heavy atom. The molecule has 1 heterocycles. The molecule has 1 rings (SSSR count). The summed E-state index contributed by atoms with van der Waals surface area (Å²) in [6, 6.07) is 0. The fourth-order valence-corrected chi connectivity index (χ4v) is 2.51. The highest BCUT2D eigenvalue weighted by Crippen LogP contribution is 2.03. The quantitative estimate of drug-likeness (QED) is 0.786. The molecule has 0 radical (unpaired) electrons. The molecule has 0 spiro atoms. The number of aryl methyl sites for hydroxylation is 1. The van der Waals surface area contributed by atoms with E-state index in [0.29, 0.717) is 12.5 Å². The van der Waals surface area contributed by atoms with Crippen molar-refractivity contribution in [2.75, 3.05) is 12.3 Å². The molecule has 1 N–H and O–H groups in total. The van der Waals surface area contributed by atoms with Crippen LogP contribution in [-0.4, -0.2) is 35.5 Å². The highest BCUT2D eigenvalue weighted by molar-refractivity contribution is 7.91. The van der Waals surface area contributed by atoms with Crippen molar-refractivity contribution >= 4 is 9.84 Å². The Kier molecular flexibility index (Phi) is 6.00. The molecule has 0 aliphatic carbocycles. The fraction of sp³-hybridized carbons (Fsp3) is 0.769. The topological polar surface area (TPSA) is 64.0 Å². The molecule has 0 aliphatic heterocycles. The highest BCUT2D eigenvalue weighted by atomic mass is 32.2. The lowest BCUT2D eigenvalue weighted by Gasteiger charge is -2.07. The maximum absolute atomic E-state index is 11.7. The minimum Gasteiger partial charge on any atom is -0.336 e. The normalized spacial score (nSPS) is 12.5. The molecule has 0 aromatic carbocycles. The summed E-state index contributed by atoms with van der Waals surface area (Å²) in [4.78, 5) is 4.26. The molecule has 19 heavy (non-hydrogen) atoms. The number of aromatic nitrogens is 2. The molecule has 6 heteroatoms. The van der Waals surface area contributed by atoms with Gasteiger partial charge in [0.1, 0.15) is 0 Å². The molecule has 0 amide bonds. The van der Waals surface area contributed by atoms with E-state index in [1.54, 1.807) is 20.2 Å². The van der Waals surface area contributed by atoms with Crippen LogP contribution < -0.4 is 5.32 Å². The maximum Gasteiger partial charge on any atom is 0.154 e. The number of nitrogens with zero attached hydrogens (tertiary/aromatic N) is 2. The van der Waals surface area contributed by atoms with Gasteiger partial charge < -0.3 is 9.88 Å². The third-order valence-electron chi connectivity index (χ3n) is 2.90. The second kappa shape index (κ2) is 7.05. The molecule has 0 unspecified atom stereocenters. The molecule has 0 bridgehead atoms. The summed E-state index contributed by atoms with van der Waals surface area (Å²) in [7, 11) is -2.98. The van der Waals surface area contributed by atoms with Crippen LogP contribution in [0.2, 0.25) is 0 Å². The summed E-state index contributed by atoms with van der Waals surface area (Å²) in [5.41, 5.74) is 0.947. The number of hydrogen-bond donors (Lipinski definition) is 1. The van der Waals surface area contributed by atoms with E-state index in [1.165, 1.54) is 0 Å². The lowest BCUT2D eigenvalue weighted by Crippen LogP contribution is -2.21. The standard InChI is InChI=1S/C13H25N3O2S/c1-11(2)7-14-8-13-9-16(10-15-13)5-6-19(17,18)12(3)4/h9-12,14H,5-8H2,1-4H3. The zero-order valence-corrected chi connectivity index (χ0v) is 13.1. The Balaban J connectivity index is 2.43. The highest BCUT2D eigenvalue weighted by Gasteiger charge is 2.15. The zero-order chi connectivity index (χ0) is 14.5. The molecule has 1 aromatic rings. The number of nitrogens with one attached hydrogen (secondary N) is 1. The van der Waals surface area contributed by atoms with Crippen LogP contribution in [0.5, 0.6) is 0 Å². The Bertz CT molecular complexity index is 478. The van der Waals surface area contributed by atoms with Crippen molar-refractivity contribution in [3.05, 3.63) is 18.2 Å². The van der Waals surface area contributed by atoms with Crippen LogP contribution >= 0.6 is 0 Å². The summed E-state index contributed by atoms with van der Waals surface area (Å²) in [5, 5.41) is 2.99. The van der Waals surface area contributed by atoms with E-state index in [9.17, 15) is 8.42 Å². The van der Waals surface area contributed by atoms with E-state index in [-0.39, 0.29) is 11.0 Å². The van der Waals surface area contributed by atoms with Gasteiger partial charge in [0.2, 0.25) is 0 Å². The predicted molar refractivity (Wildman–Crippen MR) is 77.7 cm³/mol. The monoisotopic (exact) mass is 287 g/mol. The Labute approximate surface area is 116 Å². The summed E-state index contributed by atoms with van der Waals surface area (Å²) >= 11 is 0. The minimum absolute atomic E-state index is 0.167. The van der Waals surface area contributed by atoms with Crippen LogP contribution in [0.15, 0.2) is 12.5 Å². The average Bonchev–Trinajstić information content (AvgIpc) is 2.74. The van der Waals surface area contributed by atoms with Gasteiger partial charge in [-0.25, -0.2) is 13.4 Å². The molecule has 0 fully saturated rings. The molecule has 1 aromatic heterocycles. The number of imidazole rings is 1. The molecule has 0 saturated heterocycles. The number of sulfone groups is 1. The van der Waals surface area contributed by atoms with Gasteiger partial charge in [-0.05, 0) is 26.3 Å². The van der Waals surface area contributed by atoms with Gasteiger partial charge in [0.25, 0.3) is 0 Å². The minimum atomic E-state index is -2.98. The van der Waals surface area contributed by atoms with Crippen molar-refractivity contribution in [2.24, 2.45) is 5.92 Å². The van der Waals surface area contributed by atoms with Gasteiger partial charge in [0.15, 0.2) is 9.84 Å². The zero-order valence-electron chi connectivity index (χ0n) is 12.3.